The fraction of sp³-hybridized carbons (Fsp3) is 0.167. The second kappa shape index (κ2) is 6.84. The lowest BCUT2D eigenvalue weighted by atomic mass is 10.1. The van der Waals surface area contributed by atoms with Gasteiger partial charge in [0.05, 0.1) is 5.69 Å². The minimum atomic E-state index is -0.193. The molecule has 1 aromatic carbocycles. The molecule has 0 aliphatic carbocycles. The van der Waals surface area contributed by atoms with Crippen molar-refractivity contribution in [2.75, 3.05) is 0 Å². The molecule has 2 aromatic heterocycles. The van der Waals surface area contributed by atoms with E-state index in [1.807, 2.05) is 19.1 Å². The predicted octanol–water partition coefficient (Wildman–Crippen LogP) is 3.29. The molecule has 0 saturated carbocycles. The number of nitrogens with one attached hydrogen (secondary N) is 1. The van der Waals surface area contributed by atoms with Crippen LogP contribution in [0, 0.1) is 0 Å². The van der Waals surface area contributed by atoms with Crippen LogP contribution < -0.4 is 5.32 Å². The van der Waals surface area contributed by atoms with Gasteiger partial charge in [0.1, 0.15) is 17.6 Å². The minimum Gasteiger partial charge on any atom is -0.347 e. The topological polar surface area (TPSA) is 63.5 Å². The van der Waals surface area contributed by atoms with Gasteiger partial charge in [-0.15, -0.1) is 0 Å². The normalized spacial score (nSPS) is 10.8. The number of aldehydes is 1. The first-order valence-corrected chi connectivity index (χ1v) is 7.99. The SMILES string of the molecule is CCc1nc2cc(Cl)ccn2c1C(=O)NCc1ccc(C=O)cc1. The molecule has 0 fully saturated rings. The van der Waals surface area contributed by atoms with Crippen LogP contribution in [0.4, 0.5) is 0 Å². The largest absolute Gasteiger partial charge is 0.347 e. The van der Waals surface area contributed by atoms with Crippen molar-refractivity contribution < 1.29 is 9.59 Å². The van der Waals surface area contributed by atoms with Crippen LogP contribution >= 0.6 is 11.6 Å². The number of benzene rings is 1. The molecule has 0 saturated heterocycles. The van der Waals surface area contributed by atoms with E-state index in [0.29, 0.717) is 34.9 Å². The minimum absolute atomic E-state index is 0.193. The number of carbonyl (C=O) groups excluding carboxylic acids is 2. The van der Waals surface area contributed by atoms with E-state index in [0.717, 1.165) is 17.5 Å². The summed E-state index contributed by atoms with van der Waals surface area (Å²) in [4.78, 5) is 27.8. The maximum Gasteiger partial charge on any atom is 0.270 e. The Kier molecular flexibility index (Phi) is 4.62. The number of aromatic nitrogens is 2. The highest BCUT2D eigenvalue weighted by Crippen LogP contribution is 2.17. The van der Waals surface area contributed by atoms with Gasteiger partial charge in [-0.1, -0.05) is 42.8 Å². The molecule has 2 heterocycles. The summed E-state index contributed by atoms with van der Waals surface area (Å²) < 4.78 is 1.75. The molecular formula is C18H16ClN3O2. The second-order valence-corrected chi connectivity index (χ2v) is 5.81. The van der Waals surface area contributed by atoms with Crippen LogP contribution in [-0.4, -0.2) is 21.6 Å². The fourth-order valence-electron chi connectivity index (χ4n) is 2.54. The van der Waals surface area contributed by atoms with E-state index in [9.17, 15) is 9.59 Å². The molecule has 3 aromatic rings. The lowest BCUT2D eigenvalue weighted by molar-refractivity contribution is 0.0943. The third-order valence-corrected chi connectivity index (χ3v) is 4.01. The van der Waals surface area contributed by atoms with Crippen LogP contribution in [-0.2, 0) is 13.0 Å². The zero-order valence-electron chi connectivity index (χ0n) is 13.1. The summed E-state index contributed by atoms with van der Waals surface area (Å²) in [5.74, 6) is -0.193. The summed E-state index contributed by atoms with van der Waals surface area (Å²) in [6.45, 7) is 2.33. The molecule has 122 valence electrons. The van der Waals surface area contributed by atoms with Crippen molar-refractivity contribution in [2.24, 2.45) is 0 Å². The second-order valence-electron chi connectivity index (χ2n) is 5.38. The molecule has 0 atom stereocenters. The highest BCUT2D eigenvalue weighted by molar-refractivity contribution is 6.30. The molecule has 6 heteroatoms. The van der Waals surface area contributed by atoms with E-state index in [4.69, 9.17) is 11.6 Å². The van der Waals surface area contributed by atoms with Gasteiger partial charge in [0.25, 0.3) is 5.91 Å². The Morgan fingerprint density at radius 2 is 2.04 bits per heavy atom. The molecule has 0 bridgehead atoms. The molecule has 0 spiro atoms. The molecule has 3 rings (SSSR count). The molecule has 1 N–H and O–H groups in total. The van der Waals surface area contributed by atoms with Crippen molar-refractivity contribution in [1.82, 2.24) is 14.7 Å². The van der Waals surface area contributed by atoms with E-state index in [2.05, 4.69) is 10.3 Å². The summed E-state index contributed by atoms with van der Waals surface area (Å²) >= 11 is 5.99. The Labute approximate surface area is 144 Å². The summed E-state index contributed by atoms with van der Waals surface area (Å²) in [5, 5.41) is 3.48. The first-order valence-electron chi connectivity index (χ1n) is 7.61. The molecule has 1 amide bonds. The number of carbonyl (C=O) groups is 2. The molecular weight excluding hydrogens is 326 g/mol. The Balaban J connectivity index is 1.83. The van der Waals surface area contributed by atoms with Crippen LogP contribution in [0.25, 0.3) is 5.65 Å². The molecule has 0 unspecified atom stereocenters. The summed E-state index contributed by atoms with van der Waals surface area (Å²) in [7, 11) is 0. The number of hydrogen-bond donors (Lipinski definition) is 1. The Morgan fingerprint density at radius 3 is 2.71 bits per heavy atom. The van der Waals surface area contributed by atoms with Crippen molar-refractivity contribution in [3.8, 4) is 0 Å². The smallest absolute Gasteiger partial charge is 0.270 e. The number of imidazole rings is 1. The van der Waals surface area contributed by atoms with Gasteiger partial charge < -0.3 is 5.32 Å². The first-order chi connectivity index (χ1) is 11.6. The van der Waals surface area contributed by atoms with Crippen LogP contribution in [0.2, 0.25) is 5.02 Å². The number of fused-ring (bicyclic) bond motifs is 1. The third-order valence-electron chi connectivity index (χ3n) is 3.78. The monoisotopic (exact) mass is 341 g/mol. The van der Waals surface area contributed by atoms with Gasteiger partial charge in [0.2, 0.25) is 0 Å². The van der Waals surface area contributed by atoms with Gasteiger partial charge in [-0.2, -0.15) is 0 Å². The van der Waals surface area contributed by atoms with Crippen molar-refractivity contribution in [3.63, 3.8) is 0 Å². The number of pyridine rings is 1. The maximum absolute atomic E-state index is 12.6. The van der Waals surface area contributed by atoms with Gasteiger partial charge in [-0.05, 0) is 18.1 Å². The van der Waals surface area contributed by atoms with Crippen molar-refractivity contribution in [1.29, 1.82) is 0 Å². The number of amides is 1. The standard InChI is InChI=1S/C18H16ClN3O2/c1-2-15-17(22-8-7-14(19)9-16(22)21-15)18(24)20-10-12-3-5-13(11-23)6-4-12/h3-9,11H,2,10H2,1H3,(H,20,24). The van der Waals surface area contributed by atoms with Gasteiger partial charge in [0, 0.05) is 29.4 Å². The van der Waals surface area contributed by atoms with E-state index < -0.39 is 0 Å². The van der Waals surface area contributed by atoms with E-state index in [1.54, 1.807) is 34.9 Å². The molecule has 5 nitrogen and oxygen atoms in total. The van der Waals surface area contributed by atoms with Crippen molar-refractivity contribution >= 4 is 29.4 Å². The molecule has 0 aliphatic heterocycles. The van der Waals surface area contributed by atoms with Crippen molar-refractivity contribution in [3.05, 3.63) is 70.1 Å². The third kappa shape index (κ3) is 3.16. The van der Waals surface area contributed by atoms with Crippen LogP contribution in [0.5, 0.6) is 0 Å². The molecule has 0 radical (unpaired) electrons. The number of hydrogen-bond acceptors (Lipinski definition) is 3. The maximum atomic E-state index is 12.6. The fourth-order valence-corrected chi connectivity index (χ4v) is 2.69. The van der Waals surface area contributed by atoms with E-state index >= 15 is 0 Å². The van der Waals surface area contributed by atoms with E-state index in [1.165, 1.54) is 0 Å². The summed E-state index contributed by atoms with van der Waals surface area (Å²) in [6, 6.07) is 10.5. The molecule has 24 heavy (non-hydrogen) atoms. The predicted molar refractivity (Wildman–Crippen MR) is 92.6 cm³/mol. The van der Waals surface area contributed by atoms with E-state index in [-0.39, 0.29) is 5.91 Å². The summed E-state index contributed by atoms with van der Waals surface area (Å²) in [6.07, 6.45) is 3.19. The Morgan fingerprint density at radius 1 is 1.29 bits per heavy atom. The van der Waals surface area contributed by atoms with Gasteiger partial charge in [-0.3, -0.25) is 14.0 Å². The lowest BCUT2D eigenvalue weighted by Gasteiger charge is -2.07. The lowest BCUT2D eigenvalue weighted by Crippen LogP contribution is -2.25. The van der Waals surface area contributed by atoms with Crippen LogP contribution in [0.15, 0.2) is 42.6 Å². The van der Waals surface area contributed by atoms with Gasteiger partial charge in [-0.25, -0.2) is 4.98 Å². The zero-order chi connectivity index (χ0) is 17.1. The first kappa shape index (κ1) is 16.2. The average molecular weight is 342 g/mol. The van der Waals surface area contributed by atoms with Crippen LogP contribution in [0.3, 0.4) is 0 Å². The number of aryl methyl sites for hydroxylation is 1. The zero-order valence-corrected chi connectivity index (χ0v) is 13.9. The quantitative estimate of drug-likeness (QED) is 0.724. The molecule has 0 aliphatic rings. The average Bonchev–Trinajstić information content (AvgIpc) is 2.97. The van der Waals surface area contributed by atoms with Gasteiger partial charge >= 0.3 is 0 Å². The van der Waals surface area contributed by atoms with Gasteiger partial charge in [0.15, 0.2) is 0 Å². The summed E-state index contributed by atoms with van der Waals surface area (Å²) in [5.41, 5.74) is 3.43. The number of rotatable bonds is 5. The van der Waals surface area contributed by atoms with Crippen LogP contribution in [0.1, 0.15) is 39.0 Å². The number of halogens is 1. The Hall–Kier alpha value is -2.66. The van der Waals surface area contributed by atoms with Crippen molar-refractivity contribution in [2.45, 2.75) is 19.9 Å². The number of nitrogens with zero attached hydrogens (tertiary/aromatic N) is 2. The highest BCUT2D eigenvalue weighted by Gasteiger charge is 2.18. The highest BCUT2D eigenvalue weighted by atomic mass is 35.5. The Bertz CT molecular complexity index is 901.